The molecule has 1 aliphatic rings. The normalized spacial score (nSPS) is 13.9. The van der Waals surface area contributed by atoms with E-state index in [0.29, 0.717) is 0 Å². The molecule has 0 fully saturated rings. The largest absolute Gasteiger partial charge is 0.348 e. The van der Waals surface area contributed by atoms with Gasteiger partial charge in [-0.05, 0) is 29.7 Å². The third-order valence-corrected chi connectivity index (χ3v) is 3.06. The lowest BCUT2D eigenvalue weighted by molar-refractivity contribution is 0.856. The molecule has 2 nitrogen and oxygen atoms in total. The topological polar surface area (TPSA) is 16.1 Å². The van der Waals surface area contributed by atoms with Crippen LogP contribution in [-0.2, 0) is 13.1 Å². The van der Waals surface area contributed by atoms with Crippen molar-refractivity contribution in [2.45, 2.75) is 20.0 Å². The molecule has 0 unspecified atom stereocenters. The Morgan fingerprint density at radius 3 is 2.25 bits per heavy atom. The first kappa shape index (κ1) is 9.40. The SMILES string of the molecule is Cc1ccc(N2Cc3ccccc3C2)nc1. The zero-order valence-corrected chi connectivity index (χ0v) is 9.35. The first-order chi connectivity index (χ1) is 7.83. The van der Waals surface area contributed by atoms with E-state index in [1.165, 1.54) is 16.7 Å². The summed E-state index contributed by atoms with van der Waals surface area (Å²) >= 11 is 0. The van der Waals surface area contributed by atoms with Gasteiger partial charge in [-0.1, -0.05) is 30.3 Å². The van der Waals surface area contributed by atoms with E-state index < -0.39 is 0 Å². The quantitative estimate of drug-likeness (QED) is 0.719. The van der Waals surface area contributed by atoms with Crippen molar-refractivity contribution in [2.75, 3.05) is 4.90 Å². The monoisotopic (exact) mass is 210 g/mol. The number of rotatable bonds is 1. The average molecular weight is 210 g/mol. The van der Waals surface area contributed by atoms with Crippen LogP contribution in [-0.4, -0.2) is 4.98 Å². The molecule has 80 valence electrons. The van der Waals surface area contributed by atoms with Gasteiger partial charge in [0.1, 0.15) is 5.82 Å². The molecule has 16 heavy (non-hydrogen) atoms. The van der Waals surface area contributed by atoms with Gasteiger partial charge in [0.2, 0.25) is 0 Å². The molecule has 0 saturated carbocycles. The second-order valence-electron chi connectivity index (χ2n) is 4.32. The molecule has 0 atom stereocenters. The van der Waals surface area contributed by atoms with Gasteiger partial charge in [0.05, 0.1) is 0 Å². The summed E-state index contributed by atoms with van der Waals surface area (Å²) in [5.74, 6) is 1.07. The third-order valence-electron chi connectivity index (χ3n) is 3.06. The Labute approximate surface area is 95.6 Å². The highest BCUT2D eigenvalue weighted by molar-refractivity contribution is 5.47. The van der Waals surface area contributed by atoms with Crippen molar-refractivity contribution < 1.29 is 0 Å². The fourth-order valence-corrected chi connectivity index (χ4v) is 2.14. The Morgan fingerprint density at radius 2 is 1.69 bits per heavy atom. The lowest BCUT2D eigenvalue weighted by atomic mass is 10.1. The van der Waals surface area contributed by atoms with Crippen LogP contribution < -0.4 is 4.90 Å². The maximum Gasteiger partial charge on any atom is 0.129 e. The average Bonchev–Trinajstić information content (AvgIpc) is 2.73. The standard InChI is InChI=1S/C14H14N2/c1-11-6-7-14(15-8-11)16-9-12-4-2-3-5-13(12)10-16/h2-8H,9-10H2,1H3. The minimum atomic E-state index is 0.978. The number of nitrogens with zero attached hydrogens (tertiary/aromatic N) is 2. The van der Waals surface area contributed by atoms with E-state index in [1.807, 2.05) is 6.20 Å². The molecule has 1 aliphatic heterocycles. The van der Waals surface area contributed by atoms with E-state index in [-0.39, 0.29) is 0 Å². The number of aryl methyl sites for hydroxylation is 1. The fourth-order valence-electron chi connectivity index (χ4n) is 2.14. The fraction of sp³-hybridized carbons (Fsp3) is 0.214. The molecule has 2 heteroatoms. The summed E-state index contributed by atoms with van der Waals surface area (Å²) in [5.41, 5.74) is 4.05. The van der Waals surface area contributed by atoms with Crippen LogP contribution in [0.4, 0.5) is 5.82 Å². The molecule has 0 amide bonds. The molecule has 2 aromatic rings. The molecule has 0 bridgehead atoms. The van der Waals surface area contributed by atoms with E-state index in [0.717, 1.165) is 18.9 Å². The summed E-state index contributed by atoms with van der Waals surface area (Å²) in [6, 6.07) is 12.8. The molecular formula is C14H14N2. The van der Waals surface area contributed by atoms with Crippen LogP contribution in [0.25, 0.3) is 0 Å². The molecule has 0 aliphatic carbocycles. The molecule has 3 rings (SSSR count). The van der Waals surface area contributed by atoms with Crippen molar-refractivity contribution >= 4 is 5.82 Å². The zero-order chi connectivity index (χ0) is 11.0. The molecule has 0 radical (unpaired) electrons. The second-order valence-corrected chi connectivity index (χ2v) is 4.32. The van der Waals surface area contributed by atoms with Gasteiger partial charge in [0, 0.05) is 19.3 Å². The summed E-state index contributed by atoms with van der Waals surface area (Å²) in [7, 11) is 0. The third kappa shape index (κ3) is 1.56. The number of hydrogen-bond donors (Lipinski definition) is 0. The van der Waals surface area contributed by atoms with Crippen LogP contribution in [0.1, 0.15) is 16.7 Å². The Balaban J connectivity index is 1.88. The minimum Gasteiger partial charge on any atom is -0.348 e. The van der Waals surface area contributed by atoms with Crippen LogP contribution in [0.3, 0.4) is 0 Å². The molecular weight excluding hydrogens is 196 g/mol. The molecule has 2 heterocycles. The van der Waals surface area contributed by atoms with E-state index in [2.05, 4.69) is 53.2 Å². The molecule has 0 N–H and O–H groups in total. The summed E-state index contributed by atoms with van der Waals surface area (Å²) in [4.78, 5) is 6.78. The highest BCUT2D eigenvalue weighted by Gasteiger charge is 2.18. The highest BCUT2D eigenvalue weighted by Crippen LogP contribution is 2.26. The van der Waals surface area contributed by atoms with Gasteiger partial charge in [-0.25, -0.2) is 4.98 Å². The van der Waals surface area contributed by atoms with Gasteiger partial charge in [-0.15, -0.1) is 0 Å². The Hall–Kier alpha value is -1.83. The number of aromatic nitrogens is 1. The number of benzene rings is 1. The van der Waals surface area contributed by atoms with Crippen molar-refractivity contribution in [3.63, 3.8) is 0 Å². The molecule has 1 aromatic heterocycles. The van der Waals surface area contributed by atoms with Gasteiger partial charge in [0.15, 0.2) is 0 Å². The summed E-state index contributed by atoms with van der Waals surface area (Å²) in [6.45, 7) is 4.02. The molecule has 0 spiro atoms. The zero-order valence-electron chi connectivity index (χ0n) is 9.35. The predicted molar refractivity (Wildman–Crippen MR) is 65.3 cm³/mol. The lowest BCUT2D eigenvalue weighted by Crippen LogP contribution is -2.15. The van der Waals surface area contributed by atoms with Crippen LogP contribution in [0, 0.1) is 6.92 Å². The van der Waals surface area contributed by atoms with E-state index in [4.69, 9.17) is 0 Å². The van der Waals surface area contributed by atoms with E-state index >= 15 is 0 Å². The van der Waals surface area contributed by atoms with Crippen molar-refractivity contribution in [1.82, 2.24) is 4.98 Å². The van der Waals surface area contributed by atoms with Gasteiger partial charge >= 0.3 is 0 Å². The van der Waals surface area contributed by atoms with Crippen molar-refractivity contribution in [3.8, 4) is 0 Å². The molecule has 0 saturated heterocycles. The first-order valence-electron chi connectivity index (χ1n) is 5.57. The highest BCUT2D eigenvalue weighted by atomic mass is 15.2. The lowest BCUT2D eigenvalue weighted by Gasteiger charge is -2.16. The van der Waals surface area contributed by atoms with Gasteiger partial charge in [-0.3, -0.25) is 0 Å². The van der Waals surface area contributed by atoms with Crippen LogP contribution in [0.15, 0.2) is 42.6 Å². The van der Waals surface area contributed by atoms with Crippen molar-refractivity contribution in [1.29, 1.82) is 0 Å². The maximum absolute atomic E-state index is 4.47. The van der Waals surface area contributed by atoms with Crippen LogP contribution in [0.2, 0.25) is 0 Å². The number of fused-ring (bicyclic) bond motifs is 1. The number of anilines is 1. The second kappa shape index (κ2) is 3.63. The van der Waals surface area contributed by atoms with E-state index in [1.54, 1.807) is 0 Å². The molecule has 1 aromatic carbocycles. The van der Waals surface area contributed by atoms with E-state index in [9.17, 15) is 0 Å². The number of pyridine rings is 1. The predicted octanol–water partition coefficient (Wildman–Crippen LogP) is 2.91. The summed E-state index contributed by atoms with van der Waals surface area (Å²) in [5, 5.41) is 0. The van der Waals surface area contributed by atoms with Crippen molar-refractivity contribution in [3.05, 3.63) is 59.3 Å². The smallest absolute Gasteiger partial charge is 0.129 e. The Morgan fingerprint density at radius 1 is 1.00 bits per heavy atom. The number of hydrogen-bond acceptors (Lipinski definition) is 2. The Bertz CT molecular complexity index is 477. The summed E-state index contributed by atoms with van der Waals surface area (Å²) < 4.78 is 0. The van der Waals surface area contributed by atoms with Gasteiger partial charge in [-0.2, -0.15) is 0 Å². The maximum atomic E-state index is 4.47. The Kier molecular flexibility index (Phi) is 2.13. The van der Waals surface area contributed by atoms with Crippen LogP contribution in [0.5, 0.6) is 0 Å². The van der Waals surface area contributed by atoms with Gasteiger partial charge < -0.3 is 4.90 Å². The minimum absolute atomic E-state index is 0.978. The van der Waals surface area contributed by atoms with Gasteiger partial charge in [0.25, 0.3) is 0 Å². The van der Waals surface area contributed by atoms with Crippen molar-refractivity contribution in [2.24, 2.45) is 0 Å². The summed E-state index contributed by atoms with van der Waals surface area (Å²) in [6.07, 6.45) is 1.93. The first-order valence-corrected chi connectivity index (χ1v) is 5.57. The van der Waals surface area contributed by atoms with Crippen LogP contribution >= 0.6 is 0 Å².